The smallest absolute Gasteiger partial charge is 0.0544 e. The number of pyridine rings is 1. The Labute approximate surface area is 117 Å². The molecule has 0 radical (unpaired) electrons. The zero-order chi connectivity index (χ0) is 13.0. The molecule has 3 nitrogen and oxygen atoms in total. The molecule has 0 aliphatic rings. The van der Waals surface area contributed by atoms with E-state index in [1.54, 1.807) is 24.4 Å². The fourth-order valence-corrected chi connectivity index (χ4v) is 3.60. The molecule has 0 saturated heterocycles. The van der Waals surface area contributed by atoms with Gasteiger partial charge in [-0.1, -0.05) is 6.07 Å². The zero-order valence-corrected chi connectivity index (χ0v) is 12.1. The maximum atomic E-state index is 12.2. The lowest BCUT2D eigenvalue weighted by molar-refractivity contribution is 0.681. The van der Waals surface area contributed by atoms with Gasteiger partial charge < -0.3 is 5.73 Å². The maximum Gasteiger partial charge on any atom is 0.0544 e. The first kappa shape index (κ1) is 13.2. The average Bonchev–Trinajstić information content (AvgIpc) is 2.37. The Bertz CT molecular complexity index is 560. The van der Waals surface area contributed by atoms with Crippen LogP contribution in [-0.2, 0) is 17.2 Å². The molecule has 0 saturated carbocycles. The number of aryl methyl sites for hydroxylation is 1. The molecule has 0 aliphatic carbocycles. The van der Waals surface area contributed by atoms with E-state index in [4.69, 9.17) is 5.73 Å². The van der Waals surface area contributed by atoms with Crippen molar-refractivity contribution in [1.29, 1.82) is 0 Å². The van der Waals surface area contributed by atoms with E-state index in [2.05, 4.69) is 20.9 Å². The van der Waals surface area contributed by atoms with Crippen molar-refractivity contribution in [3.8, 4) is 0 Å². The van der Waals surface area contributed by atoms with E-state index >= 15 is 0 Å². The number of anilines is 1. The van der Waals surface area contributed by atoms with E-state index in [0.29, 0.717) is 17.9 Å². The van der Waals surface area contributed by atoms with Crippen molar-refractivity contribution in [3.05, 3.63) is 52.8 Å². The van der Waals surface area contributed by atoms with E-state index in [1.807, 2.05) is 18.2 Å². The van der Waals surface area contributed by atoms with Gasteiger partial charge in [0.15, 0.2) is 0 Å². The summed E-state index contributed by atoms with van der Waals surface area (Å²) < 4.78 is 13.0. The van der Waals surface area contributed by atoms with Gasteiger partial charge in [-0.15, -0.1) is 0 Å². The van der Waals surface area contributed by atoms with E-state index in [0.717, 1.165) is 15.1 Å². The molecule has 18 heavy (non-hydrogen) atoms. The fraction of sp³-hybridized carbons (Fsp3) is 0.154. The Balaban J connectivity index is 2.04. The molecule has 0 spiro atoms. The van der Waals surface area contributed by atoms with Gasteiger partial charge in [0.1, 0.15) is 0 Å². The molecule has 1 aromatic heterocycles. The summed E-state index contributed by atoms with van der Waals surface area (Å²) in [6, 6.07) is 11.1. The van der Waals surface area contributed by atoms with Gasteiger partial charge in [-0.25, -0.2) is 0 Å². The van der Waals surface area contributed by atoms with Gasteiger partial charge in [-0.3, -0.25) is 9.19 Å². The highest BCUT2D eigenvalue weighted by atomic mass is 79.9. The standard InChI is InChI=1S/C13H13BrN2OS/c14-12-9-10(15)4-5-13(12)18(17)8-6-11-3-1-2-7-16-11/h1-5,7,9H,6,8,15H2. The highest BCUT2D eigenvalue weighted by Gasteiger charge is 2.09. The highest BCUT2D eigenvalue weighted by molar-refractivity contribution is 9.10. The third kappa shape index (κ3) is 3.40. The number of halogens is 1. The average molecular weight is 325 g/mol. The predicted octanol–water partition coefficient (Wildman–Crippen LogP) is 2.78. The van der Waals surface area contributed by atoms with Gasteiger partial charge in [-0.05, 0) is 46.3 Å². The van der Waals surface area contributed by atoms with Gasteiger partial charge in [-0.2, -0.15) is 0 Å². The minimum atomic E-state index is -1.05. The van der Waals surface area contributed by atoms with Gasteiger partial charge >= 0.3 is 0 Å². The number of hydrogen-bond acceptors (Lipinski definition) is 3. The second-order valence-electron chi connectivity index (χ2n) is 3.81. The van der Waals surface area contributed by atoms with Crippen molar-refractivity contribution in [1.82, 2.24) is 4.98 Å². The Morgan fingerprint density at radius 2 is 2.11 bits per heavy atom. The van der Waals surface area contributed by atoms with E-state index in [9.17, 15) is 4.21 Å². The summed E-state index contributed by atoms with van der Waals surface area (Å²) in [5.41, 5.74) is 7.27. The van der Waals surface area contributed by atoms with Gasteiger partial charge in [0.2, 0.25) is 0 Å². The van der Waals surface area contributed by atoms with Gasteiger partial charge in [0.25, 0.3) is 0 Å². The maximum absolute atomic E-state index is 12.2. The van der Waals surface area contributed by atoms with Crippen molar-refractivity contribution in [2.24, 2.45) is 0 Å². The van der Waals surface area contributed by atoms with Crippen molar-refractivity contribution in [3.63, 3.8) is 0 Å². The van der Waals surface area contributed by atoms with Crippen LogP contribution in [0.3, 0.4) is 0 Å². The molecule has 0 bridgehead atoms. The first-order valence-corrected chi connectivity index (χ1v) is 7.61. The quantitative estimate of drug-likeness (QED) is 0.880. The minimum absolute atomic E-state index is 0.555. The van der Waals surface area contributed by atoms with Crippen molar-refractivity contribution >= 4 is 32.4 Å². The third-order valence-corrected chi connectivity index (χ3v) is 4.81. The molecule has 94 valence electrons. The number of rotatable bonds is 4. The molecule has 0 amide bonds. The molecule has 1 atom stereocenters. The summed E-state index contributed by atoms with van der Waals surface area (Å²) >= 11 is 3.39. The fourth-order valence-electron chi connectivity index (χ4n) is 1.55. The van der Waals surface area contributed by atoms with Crippen LogP contribution in [0, 0.1) is 0 Å². The van der Waals surface area contributed by atoms with E-state index in [1.165, 1.54) is 0 Å². The lowest BCUT2D eigenvalue weighted by Gasteiger charge is -2.05. The summed E-state index contributed by atoms with van der Waals surface area (Å²) in [4.78, 5) is 4.99. The monoisotopic (exact) mass is 324 g/mol. The first-order chi connectivity index (χ1) is 8.66. The third-order valence-electron chi connectivity index (χ3n) is 2.47. The number of nitrogen functional groups attached to an aromatic ring is 1. The summed E-state index contributed by atoms with van der Waals surface area (Å²) in [5.74, 6) is 0.555. The van der Waals surface area contributed by atoms with Crippen LogP contribution in [0.5, 0.6) is 0 Å². The molecule has 2 rings (SSSR count). The van der Waals surface area contributed by atoms with Crippen molar-refractivity contribution in [2.75, 3.05) is 11.5 Å². The summed E-state index contributed by atoms with van der Waals surface area (Å²) in [6.45, 7) is 0. The molecule has 1 unspecified atom stereocenters. The topological polar surface area (TPSA) is 56.0 Å². The van der Waals surface area contributed by atoms with E-state index < -0.39 is 10.8 Å². The summed E-state index contributed by atoms with van der Waals surface area (Å²) in [5, 5.41) is 0. The zero-order valence-electron chi connectivity index (χ0n) is 9.67. The second kappa shape index (κ2) is 6.11. The second-order valence-corrected chi connectivity index (χ2v) is 6.20. The molecule has 2 N–H and O–H groups in total. The molecule has 0 aliphatic heterocycles. The Morgan fingerprint density at radius 1 is 1.28 bits per heavy atom. The molecular formula is C13H13BrN2OS. The van der Waals surface area contributed by atoms with E-state index in [-0.39, 0.29) is 0 Å². The molecule has 5 heteroatoms. The molecule has 2 aromatic rings. The molecule has 1 aromatic carbocycles. The van der Waals surface area contributed by atoms with Crippen LogP contribution >= 0.6 is 15.9 Å². The molecule has 1 heterocycles. The lowest BCUT2D eigenvalue weighted by atomic mass is 10.3. The lowest BCUT2D eigenvalue weighted by Crippen LogP contribution is -2.03. The summed E-state index contributed by atoms with van der Waals surface area (Å²) in [6.07, 6.45) is 2.45. The first-order valence-electron chi connectivity index (χ1n) is 5.50. The Hall–Kier alpha value is -1.20. The van der Waals surface area contributed by atoms with Crippen LogP contribution in [0.15, 0.2) is 52.0 Å². The van der Waals surface area contributed by atoms with Crippen LogP contribution in [0.4, 0.5) is 5.69 Å². The van der Waals surface area contributed by atoms with Gasteiger partial charge in [0.05, 0.1) is 15.7 Å². The van der Waals surface area contributed by atoms with Crippen LogP contribution in [0.2, 0.25) is 0 Å². The van der Waals surface area contributed by atoms with Crippen molar-refractivity contribution in [2.45, 2.75) is 11.3 Å². The van der Waals surface area contributed by atoms with Crippen LogP contribution in [-0.4, -0.2) is 14.9 Å². The SMILES string of the molecule is Nc1ccc(S(=O)CCc2ccccn2)c(Br)c1. The molecular weight excluding hydrogens is 312 g/mol. The number of nitrogens with zero attached hydrogens (tertiary/aromatic N) is 1. The summed E-state index contributed by atoms with van der Waals surface area (Å²) in [7, 11) is -1.05. The Morgan fingerprint density at radius 3 is 2.78 bits per heavy atom. The van der Waals surface area contributed by atoms with Crippen LogP contribution < -0.4 is 5.73 Å². The Kier molecular flexibility index (Phi) is 4.49. The predicted molar refractivity (Wildman–Crippen MR) is 77.8 cm³/mol. The number of aromatic nitrogens is 1. The number of nitrogens with two attached hydrogens (primary N) is 1. The van der Waals surface area contributed by atoms with Gasteiger partial charge in [0, 0.05) is 34.2 Å². The number of benzene rings is 1. The highest BCUT2D eigenvalue weighted by Crippen LogP contribution is 2.23. The number of hydrogen-bond donors (Lipinski definition) is 1. The van der Waals surface area contributed by atoms with Crippen molar-refractivity contribution < 1.29 is 4.21 Å². The largest absolute Gasteiger partial charge is 0.399 e. The normalized spacial score (nSPS) is 12.3. The van der Waals surface area contributed by atoms with Crippen LogP contribution in [0.1, 0.15) is 5.69 Å². The minimum Gasteiger partial charge on any atom is -0.399 e. The van der Waals surface area contributed by atoms with Crippen LogP contribution in [0.25, 0.3) is 0 Å². The molecule has 0 fully saturated rings.